The second-order valence-corrected chi connectivity index (χ2v) is 6.85. The highest BCUT2D eigenvalue weighted by molar-refractivity contribution is 9.10. The lowest BCUT2D eigenvalue weighted by molar-refractivity contribution is 0.0530. The molecule has 0 bridgehead atoms. The zero-order valence-electron chi connectivity index (χ0n) is 13.1. The van der Waals surface area contributed by atoms with Gasteiger partial charge < -0.3 is 15.4 Å². The molecule has 118 valence electrons. The van der Waals surface area contributed by atoms with E-state index in [2.05, 4.69) is 38.7 Å². The van der Waals surface area contributed by atoms with E-state index in [1.54, 1.807) is 0 Å². The first-order valence-corrected chi connectivity index (χ1v) is 8.04. The zero-order valence-corrected chi connectivity index (χ0v) is 14.7. The van der Waals surface area contributed by atoms with Crippen molar-refractivity contribution in [2.45, 2.75) is 26.4 Å². The zero-order chi connectivity index (χ0) is 16.2. The van der Waals surface area contributed by atoms with Crippen LogP contribution >= 0.6 is 15.9 Å². The second kappa shape index (κ2) is 7.01. The van der Waals surface area contributed by atoms with Crippen LogP contribution in [0.3, 0.4) is 0 Å². The molecule has 0 saturated heterocycles. The van der Waals surface area contributed by atoms with Crippen LogP contribution in [0.1, 0.15) is 20.8 Å². The lowest BCUT2D eigenvalue weighted by atomic mass is 10.1. The fourth-order valence-electron chi connectivity index (χ4n) is 2.09. The third-order valence-corrected chi connectivity index (χ3v) is 3.67. The van der Waals surface area contributed by atoms with Crippen molar-refractivity contribution in [2.24, 2.45) is 0 Å². The predicted molar refractivity (Wildman–Crippen MR) is 94.4 cm³/mol. The van der Waals surface area contributed by atoms with Gasteiger partial charge in [0.1, 0.15) is 5.60 Å². The monoisotopic (exact) mass is 364 g/mol. The summed E-state index contributed by atoms with van der Waals surface area (Å²) in [5, 5.41) is 8.39. The molecule has 0 heterocycles. The minimum atomic E-state index is -0.473. The van der Waals surface area contributed by atoms with Gasteiger partial charge in [0, 0.05) is 28.6 Å². The van der Waals surface area contributed by atoms with Crippen molar-refractivity contribution in [2.75, 3.05) is 18.4 Å². The van der Waals surface area contributed by atoms with Crippen molar-refractivity contribution in [3.8, 4) is 0 Å². The standard InChI is InChI=1S/C17H21BrN2O2/c1-17(2,3)22-16(21)20-11-10-19-15-9-8-14(18)12-6-4-5-7-13(12)15/h4-9,19H,10-11H2,1-3H3,(H,20,21). The van der Waals surface area contributed by atoms with Crippen LogP contribution < -0.4 is 10.6 Å². The summed E-state index contributed by atoms with van der Waals surface area (Å²) in [7, 11) is 0. The van der Waals surface area contributed by atoms with E-state index < -0.39 is 11.7 Å². The van der Waals surface area contributed by atoms with Crippen LogP contribution in [0.4, 0.5) is 10.5 Å². The molecular weight excluding hydrogens is 344 g/mol. The number of benzene rings is 2. The van der Waals surface area contributed by atoms with E-state index in [0.717, 1.165) is 20.9 Å². The van der Waals surface area contributed by atoms with Gasteiger partial charge in [0.25, 0.3) is 0 Å². The SMILES string of the molecule is CC(C)(C)OC(=O)NCCNc1ccc(Br)c2ccccc12. The molecule has 0 spiro atoms. The maximum atomic E-state index is 11.6. The predicted octanol–water partition coefficient (Wildman–Crippen LogP) is 4.54. The number of ether oxygens (including phenoxy) is 1. The van der Waals surface area contributed by atoms with Crippen LogP contribution in [0, 0.1) is 0 Å². The molecule has 0 aliphatic heterocycles. The summed E-state index contributed by atoms with van der Waals surface area (Å²) in [5.74, 6) is 0. The van der Waals surface area contributed by atoms with Crippen molar-refractivity contribution in [1.82, 2.24) is 5.32 Å². The molecular formula is C17H21BrN2O2. The summed E-state index contributed by atoms with van der Waals surface area (Å²) in [4.78, 5) is 11.6. The summed E-state index contributed by atoms with van der Waals surface area (Å²) in [6.07, 6.45) is -0.394. The van der Waals surface area contributed by atoms with Crippen LogP contribution in [-0.2, 0) is 4.74 Å². The third-order valence-electron chi connectivity index (χ3n) is 2.98. The Bertz CT molecular complexity index is 665. The average molecular weight is 365 g/mol. The van der Waals surface area contributed by atoms with E-state index in [0.29, 0.717) is 13.1 Å². The van der Waals surface area contributed by atoms with Gasteiger partial charge in [0.05, 0.1) is 0 Å². The molecule has 2 aromatic carbocycles. The lowest BCUT2D eigenvalue weighted by Crippen LogP contribution is -2.35. The molecule has 0 aliphatic rings. The van der Waals surface area contributed by atoms with Crippen molar-refractivity contribution in [1.29, 1.82) is 0 Å². The molecule has 0 unspecified atom stereocenters. The van der Waals surface area contributed by atoms with Gasteiger partial charge in [-0.15, -0.1) is 0 Å². The Morgan fingerprint density at radius 3 is 2.45 bits per heavy atom. The van der Waals surface area contributed by atoms with E-state index >= 15 is 0 Å². The van der Waals surface area contributed by atoms with Gasteiger partial charge in [-0.1, -0.05) is 40.2 Å². The minimum absolute atomic E-state index is 0.394. The molecule has 2 rings (SSSR count). The first-order valence-electron chi connectivity index (χ1n) is 7.25. The normalized spacial score (nSPS) is 11.3. The van der Waals surface area contributed by atoms with Gasteiger partial charge in [0.2, 0.25) is 0 Å². The molecule has 2 aromatic rings. The number of amides is 1. The van der Waals surface area contributed by atoms with Crippen molar-refractivity contribution >= 4 is 38.5 Å². The molecule has 4 nitrogen and oxygen atoms in total. The smallest absolute Gasteiger partial charge is 0.407 e. The molecule has 0 fully saturated rings. The van der Waals surface area contributed by atoms with Crippen LogP contribution in [0.2, 0.25) is 0 Å². The number of anilines is 1. The largest absolute Gasteiger partial charge is 0.444 e. The Morgan fingerprint density at radius 2 is 1.77 bits per heavy atom. The lowest BCUT2D eigenvalue weighted by Gasteiger charge is -2.19. The molecule has 0 aromatic heterocycles. The van der Waals surface area contributed by atoms with Crippen molar-refractivity contribution in [3.05, 3.63) is 40.9 Å². The van der Waals surface area contributed by atoms with E-state index in [4.69, 9.17) is 4.74 Å². The Kier molecular flexibility index (Phi) is 5.29. The first-order chi connectivity index (χ1) is 10.4. The van der Waals surface area contributed by atoms with E-state index in [1.807, 2.05) is 45.0 Å². The third kappa shape index (κ3) is 4.63. The molecule has 0 aliphatic carbocycles. The minimum Gasteiger partial charge on any atom is -0.444 e. The Morgan fingerprint density at radius 1 is 1.09 bits per heavy atom. The van der Waals surface area contributed by atoms with Gasteiger partial charge in [0.15, 0.2) is 0 Å². The molecule has 22 heavy (non-hydrogen) atoms. The number of fused-ring (bicyclic) bond motifs is 1. The van der Waals surface area contributed by atoms with Crippen LogP contribution in [0.5, 0.6) is 0 Å². The van der Waals surface area contributed by atoms with Gasteiger partial charge in [-0.2, -0.15) is 0 Å². The first kappa shape index (κ1) is 16.6. The topological polar surface area (TPSA) is 50.4 Å². The number of hydrogen-bond acceptors (Lipinski definition) is 3. The number of nitrogens with one attached hydrogen (secondary N) is 2. The summed E-state index contributed by atoms with van der Waals surface area (Å²) in [5.41, 5.74) is 0.573. The van der Waals surface area contributed by atoms with E-state index in [1.165, 1.54) is 0 Å². The summed E-state index contributed by atoms with van der Waals surface area (Å²) in [6.45, 7) is 6.67. The molecule has 0 saturated carbocycles. The highest BCUT2D eigenvalue weighted by Crippen LogP contribution is 2.29. The van der Waals surface area contributed by atoms with Crippen LogP contribution in [0.15, 0.2) is 40.9 Å². The Balaban J connectivity index is 1.91. The van der Waals surface area contributed by atoms with E-state index in [9.17, 15) is 4.79 Å². The summed E-state index contributed by atoms with van der Waals surface area (Å²) >= 11 is 3.56. The van der Waals surface area contributed by atoms with Gasteiger partial charge in [-0.25, -0.2) is 4.79 Å². The van der Waals surface area contributed by atoms with Crippen LogP contribution in [0.25, 0.3) is 10.8 Å². The van der Waals surface area contributed by atoms with Crippen molar-refractivity contribution in [3.63, 3.8) is 0 Å². The molecule has 1 amide bonds. The van der Waals surface area contributed by atoms with Gasteiger partial charge in [-0.05, 0) is 38.3 Å². The highest BCUT2D eigenvalue weighted by atomic mass is 79.9. The fraction of sp³-hybridized carbons (Fsp3) is 0.353. The summed E-state index contributed by atoms with van der Waals surface area (Å²) < 4.78 is 6.26. The van der Waals surface area contributed by atoms with Gasteiger partial charge >= 0.3 is 6.09 Å². The molecule has 0 radical (unpaired) electrons. The number of carbonyl (C=O) groups is 1. The maximum absolute atomic E-state index is 11.6. The number of carbonyl (C=O) groups excluding carboxylic acids is 1. The average Bonchev–Trinajstić information content (AvgIpc) is 2.44. The highest BCUT2D eigenvalue weighted by Gasteiger charge is 2.15. The molecule has 5 heteroatoms. The number of rotatable bonds is 4. The second-order valence-electron chi connectivity index (χ2n) is 6.00. The van der Waals surface area contributed by atoms with Gasteiger partial charge in [-0.3, -0.25) is 0 Å². The van der Waals surface area contributed by atoms with E-state index in [-0.39, 0.29) is 0 Å². The Labute approximate surface area is 139 Å². The maximum Gasteiger partial charge on any atom is 0.407 e. The summed E-state index contributed by atoms with van der Waals surface area (Å²) in [6, 6.07) is 12.2. The van der Waals surface area contributed by atoms with Crippen LogP contribution in [-0.4, -0.2) is 24.8 Å². The Hall–Kier alpha value is -1.75. The number of alkyl carbamates (subject to hydrolysis) is 1. The molecule has 0 atom stereocenters. The quantitative estimate of drug-likeness (QED) is 0.783. The number of halogens is 1. The fourth-order valence-corrected chi connectivity index (χ4v) is 2.57. The van der Waals surface area contributed by atoms with Crippen molar-refractivity contribution < 1.29 is 9.53 Å². The number of hydrogen-bond donors (Lipinski definition) is 2. The molecule has 2 N–H and O–H groups in total.